The van der Waals surface area contributed by atoms with Crippen molar-refractivity contribution >= 4 is 0 Å². The first-order valence-electron chi connectivity index (χ1n) is 5.60. The van der Waals surface area contributed by atoms with E-state index in [-0.39, 0.29) is 11.6 Å². The van der Waals surface area contributed by atoms with Crippen molar-refractivity contribution in [2.24, 2.45) is 5.92 Å². The Kier molecular flexibility index (Phi) is 4.14. The van der Waals surface area contributed by atoms with E-state index in [9.17, 15) is 5.11 Å². The van der Waals surface area contributed by atoms with E-state index in [1.54, 1.807) is 0 Å². The van der Waals surface area contributed by atoms with Crippen LogP contribution in [0.5, 0.6) is 0 Å². The molecular formula is C12H23NO. The van der Waals surface area contributed by atoms with Gasteiger partial charge in [0.05, 0.1) is 6.10 Å². The Morgan fingerprint density at radius 1 is 1.50 bits per heavy atom. The topological polar surface area (TPSA) is 32.3 Å². The van der Waals surface area contributed by atoms with E-state index in [1.807, 2.05) is 6.92 Å². The lowest BCUT2D eigenvalue weighted by Crippen LogP contribution is -2.49. The zero-order valence-electron chi connectivity index (χ0n) is 9.59. The van der Waals surface area contributed by atoms with Crippen molar-refractivity contribution in [1.82, 2.24) is 5.32 Å². The third-order valence-electron chi connectivity index (χ3n) is 3.27. The predicted octanol–water partition coefficient (Wildman–Crippen LogP) is 2.09. The van der Waals surface area contributed by atoms with Gasteiger partial charge in [-0.15, -0.1) is 0 Å². The number of aliphatic hydroxyl groups excluding tert-OH is 1. The molecule has 0 spiro atoms. The molecule has 0 aliphatic heterocycles. The summed E-state index contributed by atoms with van der Waals surface area (Å²) in [5, 5.41) is 13.0. The van der Waals surface area contributed by atoms with E-state index in [1.165, 1.54) is 19.3 Å². The van der Waals surface area contributed by atoms with Crippen LogP contribution in [-0.4, -0.2) is 23.3 Å². The largest absolute Gasteiger partial charge is 0.392 e. The van der Waals surface area contributed by atoms with Crippen LogP contribution < -0.4 is 5.32 Å². The molecule has 2 heteroatoms. The van der Waals surface area contributed by atoms with Crippen LogP contribution in [0.2, 0.25) is 0 Å². The SMILES string of the molecule is CC(O)C(C)(C)NCC1CC=CCC1. The quantitative estimate of drug-likeness (QED) is 0.676. The molecule has 0 amide bonds. The van der Waals surface area contributed by atoms with Crippen LogP contribution in [-0.2, 0) is 0 Å². The number of aliphatic hydroxyl groups is 1. The molecule has 2 unspecified atom stereocenters. The first-order chi connectivity index (χ1) is 6.52. The van der Waals surface area contributed by atoms with Gasteiger partial charge in [-0.25, -0.2) is 0 Å². The average molecular weight is 197 g/mol. The molecule has 0 saturated heterocycles. The molecule has 2 atom stereocenters. The van der Waals surface area contributed by atoms with E-state index < -0.39 is 0 Å². The average Bonchev–Trinajstić information content (AvgIpc) is 2.16. The highest BCUT2D eigenvalue weighted by Crippen LogP contribution is 2.18. The Morgan fingerprint density at radius 2 is 2.21 bits per heavy atom. The standard InChI is InChI=1S/C12H23NO/c1-10(14)12(2,3)13-9-11-7-5-4-6-8-11/h4-5,10-11,13-14H,6-9H2,1-3H3. The lowest BCUT2D eigenvalue weighted by atomic mass is 9.92. The maximum atomic E-state index is 9.53. The zero-order chi connectivity index (χ0) is 10.6. The fraction of sp³-hybridized carbons (Fsp3) is 0.833. The maximum Gasteiger partial charge on any atom is 0.0688 e. The summed E-state index contributed by atoms with van der Waals surface area (Å²) < 4.78 is 0. The molecule has 0 bridgehead atoms. The van der Waals surface area contributed by atoms with Gasteiger partial charge in [-0.3, -0.25) is 0 Å². The fourth-order valence-corrected chi connectivity index (χ4v) is 1.60. The molecule has 82 valence electrons. The summed E-state index contributed by atoms with van der Waals surface area (Å²) in [5.41, 5.74) is -0.166. The lowest BCUT2D eigenvalue weighted by molar-refractivity contribution is 0.0931. The van der Waals surface area contributed by atoms with Gasteiger partial charge in [0.2, 0.25) is 0 Å². The molecule has 2 nitrogen and oxygen atoms in total. The monoisotopic (exact) mass is 197 g/mol. The minimum atomic E-state index is -0.304. The lowest BCUT2D eigenvalue weighted by Gasteiger charge is -2.32. The van der Waals surface area contributed by atoms with E-state index in [4.69, 9.17) is 0 Å². The van der Waals surface area contributed by atoms with Crippen LogP contribution in [0.15, 0.2) is 12.2 Å². The number of hydrogen-bond donors (Lipinski definition) is 2. The summed E-state index contributed by atoms with van der Waals surface area (Å²) in [4.78, 5) is 0. The third-order valence-corrected chi connectivity index (χ3v) is 3.27. The number of rotatable bonds is 4. The number of allylic oxidation sites excluding steroid dienone is 2. The highest BCUT2D eigenvalue weighted by atomic mass is 16.3. The molecule has 0 radical (unpaired) electrons. The van der Waals surface area contributed by atoms with Gasteiger partial charge in [0.1, 0.15) is 0 Å². The van der Waals surface area contributed by atoms with E-state index in [2.05, 4.69) is 31.3 Å². The highest BCUT2D eigenvalue weighted by molar-refractivity contribution is 4.92. The Labute approximate surface area is 87.4 Å². The van der Waals surface area contributed by atoms with Crippen molar-refractivity contribution < 1.29 is 5.11 Å². The van der Waals surface area contributed by atoms with Crippen LogP contribution in [0.1, 0.15) is 40.0 Å². The van der Waals surface area contributed by atoms with Gasteiger partial charge in [0.25, 0.3) is 0 Å². The Bertz CT molecular complexity index is 196. The van der Waals surface area contributed by atoms with Gasteiger partial charge in [-0.1, -0.05) is 12.2 Å². The Balaban J connectivity index is 2.29. The van der Waals surface area contributed by atoms with Crippen LogP contribution in [0, 0.1) is 5.92 Å². The molecule has 0 heterocycles. The van der Waals surface area contributed by atoms with Crippen molar-refractivity contribution in [3.63, 3.8) is 0 Å². The first-order valence-corrected chi connectivity index (χ1v) is 5.60. The van der Waals surface area contributed by atoms with Crippen molar-refractivity contribution in [1.29, 1.82) is 0 Å². The second-order valence-corrected chi connectivity index (χ2v) is 4.93. The summed E-state index contributed by atoms with van der Waals surface area (Å²) >= 11 is 0. The van der Waals surface area contributed by atoms with Crippen LogP contribution in [0.4, 0.5) is 0 Å². The number of nitrogens with one attached hydrogen (secondary N) is 1. The van der Waals surface area contributed by atoms with Gasteiger partial charge in [0.15, 0.2) is 0 Å². The molecule has 1 aliphatic rings. The van der Waals surface area contributed by atoms with Gasteiger partial charge in [-0.05, 0) is 52.5 Å². The summed E-state index contributed by atoms with van der Waals surface area (Å²) in [6, 6.07) is 0. The second kappa shape index (κ2) is 4.94. The Morgan fingerprint density at radius 3 is 2.71 bits per heavy atom. The fourth-order valence-electron chi connectivity index (χ4n) is 1.60. The smallest absolute Gasteiger partial charge is 0.0688 e. The van der Waals surface area contributed by atoms with E-state index >= 15 is 0 Å². The highest BCUT2D eigenvalue weighted by Gasteiger charge is 2.24. The van der Waals surface area contributed by atoms with Crippen LogP contribution >= 0.6 is 0 Å². The van der Waals surface area contributed by atoms with Crippen LogP contribution in [0.3, 0.4) is 0 Å². The minimum Gasteiger partial charge on any atom is -0.392 e. The van der Waals surface area contributed by atoms with E-state index in [0.717, 1.165) is 12.5 Å². The third kappa shape index (κ3) is 3.43. The molecule has 0 fully saturated rings. The molecule has 1 rings (SSSR count). The molecule has 0 saturated carbocycles. The summed E-state index contributed by atoms with van der Waals surface area (Å²) in [6.45, 7) is 6.96. The van der Waals surface area contributed by atoms with Crippen molar-refractivity contribution in [2.75, 3.05) is 6.54 Å². The molecule has 0 aromatic heterocycles. The second-order valence-electron chi connectivity index (χ2n) is 4.93. The molecular weight excluding hydrogens is 174 g/mol. The molecule has 14 heavy (non-hydrogen) atoms. The van der Waals surface area contributed by atoms with Gasteiger partial charge < -0.3 is 10.4 Å². The van der Waals surface area contributed by atoms with Gasteiger partial charge in [-0.2, -0.15) is 0 Å². The Hall–Kier alpha value is -0.340. The summed E-state index contributed by atoms with van der Waals surface area (Å²) in [6.07, 6.45) is 7.90. The van der Waals surface area contributed by atoms with Crippen molar-refractivity contribution in [3.8, 4) is 0 Å². The van der Waals surface area contributed by atoms with Gasteiger partial charge >= 0.3 is 0 Å². The van der Waals surface area contributed by atoms with Gasteiger partial charge in [0, 0.05) is 5.54 Å². The van der Waals surface area contributed by atoms with Crippen molar-refractivity contribution in [3.05, 3.63) is 12.2 Å². The maximum absolute atomic E-state index is 9.53. The summed E-state index contributed by atoms with van der Waals surface area (Å²) in [7, 11) is 0. The zero-order valence-corrected chi connectivity index (χ0v) is 9.59. The molecule has 0 aromatic carbocycles. The minimum absolute atomic E-state index is 0.166. The first kappa shape index (κ1) is 11.7. The molecule has 0 aromatic rings. The van der Waals surface area contributed by atoms with Crippen LogP contribution in [0.25, 0.3) is 0 Å². The van der Waals surface area contributed by atoms with E-state index in [0.29, 0.717) is 0 Å². The number of hydrogen-bond acceptors (Lipinski definition) is 2. The molecule has 1 aliphatic carbocycles. The van der Waals surface area contributed by atoms with Crippen molar-refractivity contribution in [2.45, 2.75) is 51.7 Å². The predicted molar refractivity (Wildman–Crippen MR) is 60.2 cm³/mol. The normalized spacial score (nSPS) is 25.0. The molecule has 2 N–H and O–H groups in total. The summed E-state index contributed by atoms with van der Waals surface area (Å²) in [5.74, 6) is 0.748.